The SMILES string of the molecule is COc1ccc(-c2cc(C(=O)O)c(C(C)C)nc2C)cc1. The number of nitrogens with zero attached hydrogens (tertiary/aromatic N) is 1. The minimum atomic E-state index is -0.944. The molecule has 0 fully saturated rings. The fourth-order valence-corrected chi connectivity index (χ4v) is 2.30. The Hall–Kier alpha value is -2.36. The van der Waals surface area contributed by atoms with E-state index in [1.54, 1.807) is 13.2 Å². The first-order valence-electron chi connectivity index (χ1n) is 6.83. The normalized spacial score (nSPS) is 10.7. The van der Waals surface area contributed by atoms with Crippen LogP contribution in [0.4, 0.5) is 0 Å². The first-order chi connectivity index (χ1) is 9.93. The van der Waals surface area contributed by atoms with Gasteiger partial charge in [-0.2, -0.15) is 0 Å². The number of aromatic nitrogens is 1. The van der Waals surface area contributed by atoms with Crippen LogP contribution in [0.1, 0.15) is 41.5 Å². The Morgan fingerprint density at radius 2 is 1.86 bits per heavy atom. The van der Waals surface area contributed by atoms with Gasteiger partial charge in [0.2, 0.25) is 0 Å². The summed E-state index contributed by atoms with van der Waals surface area (Å²) in [5, 5.41) is 9.40. The van der Waals surface area contributed by atoms with E-state index >= 15 is 0 Å². The quantitative estimate of drug-likeness (QED) is 0.926. The second-order valence-corrected chi connectivity index (χ2v) is 5.24. The predicted octanol–water partition coefficient (Wildman–Crippen LogP) is 3.89. The summed E-state index contributed by atoms with van der Waals surface area (Å²) < 4.78 is 5.14. The van der Waals surface area contributed by atoms with Crippen molar-refractivity contribution in [1.82, 2.24) is 4.98 Å². The predicted molar refractivity (Wildman–Crippen MR) is 82.0 cm³/mol. The van der Waals surface area contributed by atoms with Gasteiger partial charge in [-0.3, -0.25) is 4.98 Å². The van der Waals surface area contributed by atoms with Crippen LogP contribution in [0.15, 0.2) is 30.3 Å². The molecule has 0 bridgehead atoms. The molecular weight excluding hydrogens is 266 g/mol. The minimum absolute atomic E-state index is 0.0692. The van der Waals surface area contributed by atoms with Gasteiger partial charge in [-0.25, -0.2) is 4.79 Å². The van der Waals surface area contributed by atoms with E-state index in [2.05, 4.69) is 4.98 Å². The highest BCUT2D eigenvalue weighted by Crippen LogP contribution is 2.29. The summed E-state index contributed by atoms with van der Waals surface area (Å²) in [4.78, 5) is 16.0. The molecule has 4 heteroatoms. The number of carboxylic acid groups (broad SMARTS) is 1. The molecule has 1 heterocycles. The maximum atomic E-state index is 11.5. The smallest absolute Gasteiger partial charge is 0.337 e. The Balaban J connectivity index is 2.58. The largest absolute Gasteiger partial charge is 0.497 e. The van der Waals surface area contributed by atoms with Gasteiger partial charge in [-0.05, 0) is 36.6 Å². The summed E-state index contributed by atoms with van der Waals surface area (Å²) in [5.74, 6) is -0.109. The van der Waals surface area contributed by atoms with Gasteiger partial charge in [0.25, 0.3) is 0 Å². The Bertz CT molecular complexity index is 660. The van der Waals surface area contributed by atoms with Gasteiger partial charge in [0.15, 0.2) is 0 Å². The second kappa shape index (κ2) is 5.95. The average molecular weight is 285 g/mol. The Morgan fingerprint density at radius 1 is 1.24 bits per heavy atom. The van der Waals surface area contributed by atoms with Crippen molar-refractivity contribution < 1.29 is 14.6 Å². The molecule has 0 atom stereocenters. The molecule has 21 heavy (non-hydrogen) atoms. The molecule has 2 aromatic rings. The number of pyridine rings is 1. The van der Waals surface area contributed by atoms with Crippen molar-refractivity contribution in [2.24, 2.45) is 0 Å². The molecule has 0 aliphatic heterocycles. The van der Waals surface area contributed by atoms with Gasteiger partial charge in [0, 0.05) is 11.3 Å². The van der Waals surface area contributed by atoms with E-state index in [1.807, 2.05) is 45.0 Å². The Labute approximate surface area is 124 Å². The van der Waals surface area contributed by atoms with Crippen molar-refractivity contribution in [3.63, 3.8) is 0 Å². The summed E-state index contributed by atoms with van der Waals surface area (Å²) in [5.41, 5.74) is 3.48. The van der Waals surface area contributed by atoms with Crippen molar-refractivity contribution in [1.29, 1.82) is 0 Å². The Morgan fingerprint density at radius 3 is 2.33 bits per heavy atom. The van der Waals surface area contributed by atoms with Crippen molar-refractivity contribution >= 4 is 5.97 Å². The molecule has 0 spiro atoms. The van der Waals surface area contributed by atoms with Crippen LogP contribution in [-0.4, -0.2) is 23.2 Å². The van der Waals surface area contributed by atoms with Crippen LogP contribution in [0.2, 0.25) is 0 Å². The summed E-state index contributed by atoms with van der Waals surface area (Å²) in [6.07, 6.45) is 0. The van der Waals surface area contributed by atoms with Gasteiger partial charge in [-0.15, -0.1) is 0 Å². The molecule has 4 nitrogen and oxygen atoms in total. The first-order valence-corrected chi connectivity index (χ1v) is 6.83. The van der Waals surface area contributed by atoms with E-state index in [4.69, 9.17) is 4.74 Å². The third-order valence-corrected chi connectivity index (χ3v) is 3.42. The fourth-order valence-electron chi connectivity index (χ4n) is 2.30. The fraction of sp³-hybridized carbons (Fsp3) is 0.294. The number of carboxylic acids is 1. The summed E-state index contributed by atoms with van der Waals surface area (Å²) in [6.45, 7) is 5.79. The van der Waals surface area contributed by atoms with E-state index in [-0.39, 0.29) is 11.5 Å². The lowest BCUT2D eigenvalue weighted by atomic mass is 9.97. The van der Waals surface area contributed by atoms with E-state index < -0.39 is 5.97 Å². The zero-order chi connectivity index (χ0) is 15.6. The third kappa shape index (κ3) is 3.05. The summed E-state index contributed by atoms with van der Waals surface area (Å²) in [7, 11) is 1.61. The van der Waals surface area contributed by atoms with Crippen LogP contribution in [-0.2, 0) is 0 Å². The molecule has 1 aromatic heterocycles. The lowest BCUT2D eigenvalue weighted by Crippen LogP contribution is -2.08. The first kappa shape index (κ1) is 15.0. The van der Waals surface area contributed by atoms with Crippen LogP contribution in [0.25, 0.3) is 11.1 Å². The van der Waals surface area contributed by atoms with Gasteiger partial charge in [-0.1, -0.05) is 26.0 Å². The van der Waals surface area contributed by atoms with Crippen LogP contribution in [0, 0.1) is 6.92 Å². The zero-order valence-corrected chi connectivity index (χ0v) is 12.7. The molecule has 0 aliphatic rings. The number of aryl methyl sites for hydroxylation is 1. The molecule has 110 valence electrons. The molecule has 1 N–H and O–H groups in total. The molecule has 1 aromatic carbocycles. The number of hydrogen-bond donors (Lipinski definition) is 1. The van der Waals surface area contributed by atoms with Gasteiger partial charge >= 0.3 is 5.97 Å². The third-order valence-electron chi connectivity index (χ3n) is 3.42. The van der Waals surface area contributed by atoms with Gasteiger partial charge in [0.1, 0.15) is 5.75 Å². The van der Waals surface area contributed by atoms with E-state index in [0.29, 0.717) is 5.69 Å². The number of rotatable bonds is 4. The number of hydrogen-bond acceptors (Lipinski definition) is 3. The molecule has 0 amide bonds. The standard InChI is InChI=1S/C17H19NO3/c1-10(2)16-15(17(19)20)9-14(11(3)18-16)12-5-7-13(21-4)8-6-12/h5-10H,1-4H3,(H,19,20). The molecular formula is C17H19NO3. The number of methoxy groups -OCH3 is 1. The molecule has 0 aliphatic carbocycles. The van der Waals surface area contributed by atoms with E-state index in [1.165, 1.54) is 0 Å². The Kier molecular flexibility index (Phi) is 4.26. The summed E-state index contributed by atoms with van der Waals surface area (Å²) >= 11 is 0. The molecule has 2 rings (SSSR count). The highest BCUT2D eigenvalue weighted by Gasteiger charge is 2.18. The lowest BCUT2D eigenvalue weighted by Gasteiger charge is -2.14. The van der Waals surface area contributed by atoms with Crippen molar-refractivity contribution in [3.8, 4) is 16.9 Å². The van der Waals surface area contributed by atoms with Crippen LogP contribution in [0.5, 0.6) is 5.75 Å². The number of benzene rings is 1. The zero-order valence-electron chi connectivity index (χ0n) is 12.7. The molecule has 0 radical (unpaired) electrons. The highest BCUT2D eigenvalue weighted by molar-refractivity contribution is 5.91. The van der Waals surface area contributed by atoms with Gasteiger partial charge < -0.3 is 9.84 Å². The summed E-state index contributed by atoms with van der Waals surface area (Å²) in [6, 6.07) is 9.23. The number of aromatic carboxylic acids is 1. The monoisotopic (exact) mass is 285 g/mol. The van der Waals surface area contributed by atoms with Gasteiger partial charge in [0.05, 0.1) is 18.4 Å². The highest BCUT2D eigenvalue weighted by atomic mass is 16.5. The van der Waals surface area contributed by atoms with Crippen molar-refractivity contribution in [3.05, 3.63) is 47.3 Å². The van der Waals surface area contributed by atoms with E-state index in [0.717, 1.165) is 22.6 Å². The van der Waals surface area contributed by atoms with E-state index in [9.17, 15) is 9.90 Å². The average Bonchev–Trinajstić information content (AvgIpc) is 2.46. The topological polar surface area (TPSA) is 59.4 Å². The lowest BCUT2D eigenvalue weighted by molar-refractivity contribution is 0.0694. The van der Waals surface area contributed by atoms with Crippen LogP contribution in [0.3, 0.4) is 0 Å². The maximum absolute atomic E-state index is 11.5. The van der Waals surface area contributed by atoms with Crippen LogP contribution >= 0.6 is 0 Å². The maximum Gasteiger partial charge on any atom is 0.337 e. The molecule has 0 saturated heterocycles. The number of carbonyl (C=O) groups is 1. The minimum Gasteiger partial charge on any atom is -0.497 e. The number of ether oxygens (including phenoxy) is 1. The molecule has 0 unspecified atom stereocenters. The van der Waals surface area contributed by atoms with Crippen molar-refractivity contribution in [2.75, 3.05) is 7.11 Å². The molecule has 0 saturated carbocycles. The second-order valence-electron chi connectivity index (χ2n) is 5.24. The van der Waals surface area contributed by atoms with Crippen molar-refractivity contribution in [2.45, 2.75) is 26.7 Å². The van der Waals surface area contributed by atoms with Crippen LogP contribution < -0.4 is 4.74 Å².